The summed E-state index contributed by atoms with van der Waals surface area (Å²) in [5, 5.41) is 0. The second-order valence-electron chi connectivity index (χ2n) is 7.31. The summed E-state index contributed by atoms with van der Waals surface area (Å²) < 4.78 is 17.9. The Labute approximate surface area is 146 Å². The van der Waals surface area contributed by atoms with Crippen molar-refractivity contribution < 1.29 is 14.2 Å². The molecule has 1 saturated heterocycles. The summed E-state index contributed by atoms with van der Waals surface area (Å²) in [4.78, 5) is 0. The highest BCUT2D eigenvalue weighted by Gasteiger charge is 2.44. The molecule has 0 radical (unpaired) electrons. The van der Waals surface area contributed by atoms with E-state index in [2.05, 4.69) is 37.3 Å². The molecule has 3 rings (SSSR count). The molecule has 24 heavy (non-hydrogen) atoms. The molecule has 1 aliphatic heterocycles. The molecule has 0 N–H and O–H groups in total. The maximum absolute atomic E-state index is 6.11. The Balaban J connectivity index is 1.71. The molecule has 1 saturated carbocycles. The van der Waals surface area contributed by atoms with Crippen molar-refractivity contribution in [3.8, 4) is 0 Å². The number of fused-ring (bicyclic) bond motifs is 1. The summed E-state index contributed by atoms with van der Waals surface area (Å²) in [6.07, 6.45) is 7.27. The zero-order chi connectivity index (χ0) is 17.0. The van der Waals surface area contributed by atoms with E-state index in [1.165, 1.54) is 31.2 Å². The van der Waals surface area contributed by atoms with Gasteiger partial charge in [-0.2, -0.15) is 0 Å². The second-order valence-corrected chi connectivity index (χ2v) is 7.31. The van der Waals surface area contributed by atoms with Crippen molar-refractivity contribution in [3.05, 3.63) is 35.9 Å². The van der Waals surface area contributed by atoms with Crippen LogP contribution in [0, 0.1) is 5.92 Å². The van der Waals surface area contributed by atoms with Gasteiger partial charge >= 0.3 is 0 Å². The van der Waals surface area contributed by atoms with Crippen LogP contribution < -0.4 is 0 Å². The summed E-state index contributed by atoms with van der Waals surface area (Å²) in [7, 11) is 0. The van der Waals surface area contributed by atoms with Crippen LogP contribution in [0.5, 0.6) is 0 Å². The van der Waals surface area contributed by atoms with Gasteiger partial charge in [-0.1, -0.05) is 30.3 Å². The van der Waals surface area contributed by atoms with Gasteiger partial charge in [0, 0.05) is 19.1 Å². The summed E-state index contributed by atoms with van der Waals surface area (Å²) >= 11 is 0. The monoisotopic (exact) mass is 332 g/mol. The van der Waals surface area contributed by atoms with E-state index in [0.29, 0.717) is 25.4 Å². The molecule has 0 spiro atoms. The van der Waals surface area contributed by atoms with Gasteiger partial charge in [0.25, 0.3) is 0 Å². The van der Waals surface area contributed by atoms with Gasteiger partial charge in [-0.25, -0.2) is 0 Å². The van der Waals surface area contributed by atoms with Gasteiger partial charge in [-0.05, 0) is 64.4 Å². The van der Waals surface area contributed by atoms with Crippen LogP contribution in [0.15, 0.2) is 30.3 Å². The summed E-state index contributed by atoms with van der Waals surface area (Å²) in [5.74, 6) is 0.488. The third-order valence-electron chi connectivity index (χ3n) is 5.67. The lowest BCUT2D eigenvalue weighted by Gasteiger charge is -2.38. The predicted molar refractivity (Wildman–Crippen MR) is 96.1 cm³/mol. The topological polar surface area (TPSA) is 31.0 Å². The van der Waals surface area contributed by atoms with Crippen molar-refractivity contribution in [2.24, 2.45) is 5.92 Å². The molecule has 0 aromatic heterocycles. The first-order valence-electron chi connectivity index (χ1n) is 9.64. The lowest BCUT2D eigenvalue weighted by atomic mass is 9.80. The van der Waals surface area contributed by atoms with Gasteiger partial charge in [0.1, 0.15) is 0 Å². The molecule has 1 aromatic carbocycles. The summed E-state index contributed by atoms with van der Waals surface area (Å²) in [5.41, 5.74) is 1.32. The van der Waals surface area contributed by atoms with Crippen LogP contribution in [-0.4, -0.2) is 31.2 Å². The van der Waals surface area contributed by atoms with E-state index >= 15 is 0 Å². The Morgan fingerprint density at radius 1 is 1.08 bits per heavy atom. The van der Waals surface area contributed by atoms with Crippen LogP contribution in [0.25, 0.3) is 0 Å². The number of epoxide rings is 1. The van der Waals surface area contributed by atoms with Crippen LogP contribution in [-0.2, 0) is 14.2 Å². The SMILES string of the molecule is CCOC(C)(OCC)C(CCC1CCC2OC2C1)c1ccccc1. The third-order valence-corrected chi connectivity index (χ3v) is 5.67. The fourth-order valence-electron chi connectivity index (χ4n) is 4.38. The van der Waals surface area contributed by atoms with Gasteiger partial charge in [0.05, 0.1) is 12.2 Å². The highest BCUT2D eigenvalue weighted by atomic mass is 16.7. The smallest absolute Gasteiger partial charge is 0.172 e. The Morgan fingerprint density at radius 2 is 1.79 bits per heavy atom. The fraction of sp³-hybridized carbons (Fsp3) is 0.714. The normalized spacial score (nSPS) is 27.5. The average molecular weight is 332 g/mol. The second kappa shape index (κ2) is 7.99. The van der Waals surface area contributed by atoms with Gasteiger partial charge in [-0.15, -0.1) is 0 Å². The number of hydrogen-bond acceptors (Lipinski definition) is 3. The zero-order valence-corrected chi connectivity index (χ0v) is 15.4. The molecule has 1 aliphatic carbocycles. The molecule has 3 nitrogen and oxygen atoms in total. The lowest BCUT2D eigenvalue weighted by Crippen LogP contribution is -2.40. The van der Waals surface area contributed by atoms with E-state index in [0.717, 1.165) is 12.3 Å². The Kier molecular flexibility index (Phi) is 5.96. The Morgan fingerprint density at radius 3 is 2.42 bits per heavy atom. The summed E-state index contributed by atoms with van der Waals surface area (Å²) in [6, 6.07) is 10.7. The molecule has 4 unspecified atom stereocenters. The molecule has 0 bridgehead atoms. The van der Waals surface area contributed by atoms with Crippen molar-refractivity contribution >= 4 is 0 Å². The largest absolute Gasteiger partial charge is 0.370 e. The van der Waals surface area contributed by atoms with Gasteiger partial charge in [-0.3, -0.25) is 0 Å². The molecule has 134 valence electrons. The number of rotatable bonds is 9. The third kappa shape index (κ3) is 4.19. The van der Waals surface area contributed by atoms with Gasteiger partial charge in [0.2, 0.25) is 0 Å². The maximum atomic E-state index is 6.11. The van der Waals surface area contributed by atoms with Crippen LogP contribution in [0.4, 0.5) is 0 Å². The maximum Gasteiger partial charge on any atom is 0.172 e. The zero-order valence-electron chi connectivity index (χ0n) is 15.4. The van der Waals surface area contributed by atoms with E-state index in [4.69, 9.17) is 14.2 Å². The van der Waals surface area contributed by atoms with Gasteiger partial charge < -0.3 is 14.2 Å². The van der Waals surface area contributed by atoms with Crippen molar-refractivity contribution in [3.63, 3.8) is 0 Å². The highest BCUT2D eigenvalue weighted by Crippen LogP contribution is 2.43. The van der Waals surface area contributed by atoms with Crippen molar-refractivity contribution in [2.75, 3.05) is 13.2 Å². The lowest BCUT2D eigenvalue weighted by molar-refractivity contribution is -0.236. The molecular formula is C21H32O3. The molecule has 4 atom stereocenters. The summed E-state index contributed by atoms with van der Waals surface area (Å²) in [6.45, 7) is 7.54. The number of ether oxygens (including phenoxy) is 3. The molecule has 1 aromatic rings. The Hall–Kier alpha value is -0.900. The number of hydrogen-bond donors (Lipinski definition) is 0. The highest BCUT2D eigenvalue weighted by molar-refractivity contribution is 5.22. The minimum absolute atomic E-state index is 0.261. The van der Waals surface area contributed by atoms with Crippen LogP contribution in [0.2, 0.25) is 0 Å². The molecule has 1 heterocycles. The van der Waals surface area contributed by atoms with E-state index in [1.54, 1.807) is 0 Å². The molecule has 2 aliphatic rings. The quantitative estimate of drug-likeness (QED) is 0.476. The Bertz CT molecular complexity index is 495. The van der Waals surface area contributed by atoms with Crippen molar-refractivity contribution in [2.45, 2.75) is 76.8 Å². The van der Waals surface area contributed by atoms with Crippen LogP contribution in [0.1, 0.15) is 64.4 Å². The van der Waals surface area contributed by atoms with Crippen molar-refractivity contribution in [1.29, 1.82) is 0 Å². The fourth-order valence-corrected chi connectivity index (χ4v) is 4.38. The van der Waals surface area contributed by atoms with Crippen molar-refractivity contribution in [1.82, 2.24) is 0 Å². The van der Waals surface area contributed by atoms with Gasteiger partial charge in [0.15, 0.2) is 5.79 Å². The first-order valence-corrected chi connectivity index (χ1v) is 9.64. The predicted octanol–water partition coefficient (Wildman–Crippen LogP) is 4.91. The minimum Gasteiger partial charge on any atom is -0.370 e. The van der Waals surface area contributed by atoms with E-state index in [-0.39, 0.29) is 5.92 Å². The number of benzene rings is 1. The van der Waals surface area contributed by atoms with E-state index in [1.807, 2.05) is 13.8 Å². The molecule has 0 amide bonds. The first-order chi connectivity index (χ1) is 11.7. The first kappa shape index (κ1) is 17.9. The standard InChI is InChI=1S/C21H32O3/c1-4-22-21(3,23-5-2)18(17-9-7-6-8-10-17)13-11-16-12-14-19-20(15-16)24-19/h6-10,16,18-20H,4-5,11-15H2,1-3H3. The minimum atomic E-state index is -0.557. The van der Waals surface area contributed by atoms with E-state index < -0.39 is 5.79 Å². The molecular weight excluding hydrogens is 300 g/mol. The average Bonchev–Trinajstić information content (AvgIpc) is 3.35. The van der Waals surface area contributed by atoms with E-state index in [9.17, 15) is 0 Å². The molecule has 2 fully saturated rings. The van der Waals surface area contributed by atoms with Crippen LogP contribution in [0.3, 0.4) is 0 Å². The molecule has 3 heteroatoms. The van der Waals surface area contributed by atoms with Crippen LogP contribution >= 0.6 is 0 Å².